The van der Waals surface area contributed by atoms with Gasteiger partial charge in [0.05, 0.1) is 5.88 Å². The summed E-state index contributed by atoms with van der Waals surface area (Å²) >= 11 is 9.38. The van der Waals surface area contributed by atoms with Crippen LogP contribution in [0.15, 0.2) is 23.1 Å². The standard InChI is InChI=1S/C9H8ClFOS/c10-5-8(12)3-6-1-2-7(11)4-9(6)13/h1-2,4,13H,3,5H2. The molecule has 0 N–H and O–H groups in total. The highest BCUT2D eigenvalue weighted by atomic mass is 35.5. The number of Topliss-reactive ketones (excluding diaryl/α,β-unsaturated/α-hetero) is 1. The summed E-state index contributed by atoms with van der Waals surface area (Å²) in [7, 11) is 0. The smallest absolute Gasteiger partial charge is 0.151 e. The van der Waals surface area contributed by atoms with Gasteiger partial charge in [0.15, 0.2) is 5.78 Å². The van der Waals surface area contributed by atoms with Crippen molar-refractivity contribution in [1.82, 2.24) is 0 Å². The van der Waals surface area contributed by atoms with Crippen molar-refractivity contribution in [3.05, 3.63) is 29.6 Å². The Bertz CT molecular complexity index is 327. The van der Waals surface area contributed by atoms with Gasteiger partial charge in [0.1, 0.15) is 5.82 Å². The molecule has 4 heteroatoms. The fourth-order valence-corrected chi connectivity index (χ4v) is 1.32. The summed E-state index contributed by atoms with van der Waals surface area (Å²) in [6, 6.07) is 4.12. The number of hydrogen-bond acceptors (Lipinski definition) is 2. The number of halogens is 2. The monoisotopic (exact) mass is 218 g/mol. The van der Waals surface area contributed by atoms with Crippen molar-refractivity contribution in [1.29, 1.82) is 0 Å². The molecule has 0 aliphatic carbocycles. The van der Waals surface area contributed by atoms with Gasteiger partial charge in [-0.2, -0.15) is 0 Å². The Morgan fingerprint density at radius 1 is 1.54 bits per heavy atom. The maximum Gasteiger partial charge on any atom is 0.151 e. The molecule has 0 heterocycles. The van der Waals surface area contributed by atoms with Crippen LogP contribution >= 0.6 is 24.2 Å². The molecule has 1 nitrogen and oxygen atoms in total. The zero-order valence-electron chi connectivity index (χ0n) is 6.76. The zero-order chi connectivity index (χ0) is 9.84. The highest BCUT2D eigenvalue weighted by molar-refractivity contribution is 7.80. The number of carbonyl (C=O) groups excluding carboxylic acids is 1. The largest absolute Gasteiger partial charge is 0.298 e. The van der Waals surface area contributed by atoms with E-state index in [1.807, 2.05) is 0 Å². The second-order valence-corrected chi connectivity index (χ2v) is 3.37. The van der Waals surface area contributed by atoms with Gasteiger partial charge in [-0.15, -0.1) is 24.2 Å². The van der Waals surface area contributed by atoms with E-state index in [4.69, 9.17) is 11.6 Å². The Kier molecular flexibility index (Phi) is 3.75. The van der Waals surface area contributed by atoms with Crippen molar-refractivity contribution in [2.24, 2.45) is 0 Å². The summed E-state index contributed by atoms with van der Waals surface area (Å²) in [5.41, 5.74) is 0.704. The molecule has 0 spiro atoms. The van der Waals surface area contributed by atoms with Crippen LogP contribution in [-0.4, -0.2) is 11.7 Å². The van der Waals surface area contributed by atoms with Gasteiger partial charge in [-0.05, 0) is 17.7 Å². The van der Waals surface area contributed by atoms with Crippen molar-refractivity contribution in [2.75, 3.05) is 5.88 Å². The number of hydrogen-bond donors (Lipinski definition) is 1. The molecule has 0 unspecified atom stereocenters. The van der Waals surface area contributed by atoms with Crippen molar-refractivity contribution >= 4 is 30.0 Å². The van der Waals surface area contributed by atoms with Gasteiger partial charge in [-0.3, -0.25) is 4.79 Å². The van der Waals surface area contributed by atoms with Gasteiger partial charge in [0, 0.05) is 11.3 Å². The lowest BCUT2D eigenvalue weighted by molar-refractivity contribution is -0.116. The van der Waals surface area contributed by atoms with Crippen molar-refractivity contribution in [3.8, 4) is 0 Å². The van der Waals surface area contributed by atoms with Gasteiger partial charge < -0.3 is 0 Å². The molecule has 70 valence electrons. The molecule has 0 saturated carbocycles. The minimum Gasteiger partial charge on any atom is -0.298 e. The van der Waals surface area contributed by atoms with Gasteiger partial charge in [0.25, 0.3) is 0 Å². The molecule has 0 aliphatic rings. The van der Waals surface area contributed by atoms with Gasteiger partial charge in [-0.25, -0.2) is 4.39 Å². The van der Waals surface area contributed by atoms with E-state index in [2.05, 4.69) is 12.6 Å². The maximum atomic E-state index is 12.6. The Morgan fingerprint density at radius 3 is 2.77 bits per heavy atom. The van der Waals surface area contributed by atoms with Crippen LogP contribution in [0.1, 0.15) is 5.56 Å². The number of ketones is 1. The number of alkyl halides is 1. The molecular formula is C9H8ClFOS. The lowest BCUT2D eigenvalue weighted by Gasteiger charge is -2.02. The number of thiol groups is 1. The lowest BCUT2D eigenvalue weighted by Crippen LogP contribution is -2.04. The molecule has 0 saturated heterocycles. The molecule has 13 heavy (non-hydrogen) atoms. The summed E-state index contributed by atoms with van der Waals surface area (Å²) in [5, 5.41) is 0. The van der Waals surface area contributed by atoms with Crippen LogP contribution < -0.4 is 0 Å². The summed E-state index contributed by atoms with van der Waals surface area (Å²) < 4.78 is 12.6. The Morgan fingerprint density at radius 2 is 2.23 bits per heavy atom. The molecule has 0 atom stereocenters. The molecule has 0 aliphatic heterocycles. The van der Waals surface area contributed by atoms with E-state index < -0.39 is 0 Å². The molecule has 1 aromatic carbocycles. The zero-order valence-corrected chi connectivity index (χ0v) is 8.41. The third-order valence-electron chi connectivity index (χ3n) is 1.58. The van der Waals surface area contributed by atoms with Crippen LogP contribution in [0.2, 0.25) is 0 Å². The second kappa shape index (κ2) is 4.63. The summed E-state index contributed by atoms with van der Waals surface area (Å²) in [6.07, 6.45) is 0.211. The van der Waals surface area contributed by atoms with E-state index in [1.165, 1.54) is 12.1 Å². The summed E-state index contributed by atoms with van der Waals surface area (Å²) in [5.74, 6) is -0.472. The second-order valence-electron chi connectivity index (χ2n) is 2.62. The van der Waals surface area contributed by atoms with E-state index >= 15 is 0 Å². The predicted octanol–water partition coefficient (Wildman–Crippen LogP) is 2.46. The van der Waals surface area contributed by atoms with E-state index in [0.29, 0.717) is 10.5 Å². The molecule has 1 rings (SSSR count). The molecule has 0 fully saturated rings. The van der Waals surface area contributed by atoms with E-state index in [9.17, 15) is 9.18 Å². The Balaban J connectivity index is 2.83. The minimum absolute atomic E-state index is 0.0232. The van der Waals surface area contributed by atoms with Gasteiger partial charge >= 0.3 is 0 Å². The lowest BCUT2D eigenvalue weighted by atomic mass is 10.1. The van der Waals surface area contributed by atoms with Crippen LogP contribution in [0, 0.1) is 5.82 Å². The van der Waals surface area contributed by atoms with Crippen LogP contribution in [0.5, 0.6) is 0 Å². The third kappa shape index (κ3) is 3.01. The summed E-state index contributed by atoms with van der Waals surface area (Å²) in [6.45, 7) is 0. The quantitative estimate of drug-likeness (QED) is 0.609. The number of rotatable bonds is 3. The van der Waals surface area contributed by atoms with Crippen LogP contribution in [0.25, 0.3) is 0 Å². The van der Waals surface area contributed by atoms with E-state index in [1.54, 1.807) is 6.07 Å². The molecule has 0 radical (unpaired) electrons. The first-order chi connectivity index (χ1) is 6.13. The van der Waals surface area contributed by atoms with Gasteiger partial charge in [-0.1, -0.05) is 6.07 Å². The number of carbonyl (C=O) groups is 1. The SMILES string of the molecule is O=C(CCl)Cc1ccc(F)cc1S. The topological polar surface area (TPSA) is 17.1 Å². The first kappa shape index (κ1) is 10.5. The maximum absolute atomic E-state index is 12.6. The first-order valence-electron chi connectivity index (χ1n) is 3.68. The molecule has 0 bridgehead atoms. The predicted molar refractivity (Wildman–Crippen MR) is 53.1 cm³/mol. The molecule has 0 amide bonds. The van der Waals surface area contributed by atoms with Crippen LogP contribution in [-0.2, 0) is 11.2 Å². The first-order valence-corrected chi connectivity index (χ1v) is 4.66. The fraction of sp³-hybridized carbons (Fsp3) is 0.222. The van der Waals surface area contributed by atoms with Crippen molar-refractivity contribution < 1.29 is 9.18 Å². The molecule has 0 aromatic heterocycles. The van der Waals surface area contributed by atoms with E-state index in [-0.39, 0.29) is 23.9 Å². The van der Waals surface area contributed by atoms with Gasteiger partial charge in [0.2, 0.25) is 0 Å². The summed E-state index contributed by atoms with van der Waals surface area (Å²) in [4.78, 5) is 11.4. The van der Waals surface area contributed by atoms with Crippen LogP contribution in [0.3, 0.4) is 0 Å². The fourth-order valence-electron chi connectivity index (χ4n) is 0.946. The highest BCUT2D eigenvalue weighted by Gasteiger charge is 2.05. The Labute approximate surface area is 86.3 Å². The minimum atomic E-state index is -0.355. The third-order valence-corrected chi connectivity index (χ3v) is 2.30. The van der Waals surface area contributed by atoms with Crippen LogP contribution in [0.4, 0.5) is 4.39 Å². The highest BCUT2D eigenvalue weighted by Crippen LogP contribution is 2.16. The Hall–Kier alpha value is -0.540. The average molecular weight is 219 g/mol. The number of benzene rings is 1. The van der Waals surface area contributed by atoms with Crippen molar-refractivity contribution in [2.45, 2.75) is 11.3 Å². The molecule has 1 aromatic rings. The van der Waals surface area contributed by atoms with E-state index in [0.717, 1.165) is 0 Å². The average Bonchev–Trinajstić information content (AvgIpc) is 2.09. The molecular weight excluding hydrogens is 211 g/mol. The van der Waals surface area contributed by atoms with Crippen molar-refractivity contribution in [3.63, 3.8) is 0 Å². The normalized spacial score (nSPS) is 10.1.